The minimum atomic E-state index is 1.01. The first-order valence-corrected chi connectivity index (χ1v) is 5.36. The van der Waals surface area contributed by atoms with Crippen LogP contribution in [0.1, 0.15) is 18.7 Å². The Kier molecular flexibility index (Phi) is 3.47. The lowest BCUT2D eigenvalue weighted by molar-refractivity contribution is 0.619. The summed E-state index contributed by atoms with van der Waals surface area (Å²) >= 11 is 1.69. The summed E-state index contributed by atoms with van der Waals surface area (Å²) in [6.07, 6.45) is 0. The SMILES string of the molecule is C=C(C)c1sccc1N=C(C)N(C)C. The summed E-state index contributed by atoms with van der Waals surface area (Å²) < 4.78 is 0. The van der Waals surface area contributed by atoms with Crippen molar-refractivity contribution in [1.82, 2.24) is 4.90 Å². The molecule has 0 spiro atoms. The number of nitrogens with zero attached hydrogens (tertiary/aromatic N) is 2. The lowest BCUT2D eigenvalue weighted by atomic mass is 10.2. The van der Waals surface area contributed by atoms with Gasteiger partial charge in [0.05, 0.1) is 10.6 Å². The van der Waals surface area contributed by atoms with Crippen LogP contribution in [0.4, 0.5) is 5.69 Å². The predicted octanol–water partition coefficient (Wildman–Crippen LogP) is 3.39. The van der Waals surface area contributed by atoms with Gasteiger partial charge in [0.15, 0.2) is 0 Å². The first-order chi connectivity index (χ1) is 6.52. The van der Waals surface area contributed by atoms with E-state index >= 15 is 0 Å². The standard InChI is InChI=1S/C11H16N2S/c1-8(2)11-10(6-7-14-11)12-9(3)13(4)5/h6-7H,1H2,2-5H3. The number of allylic oxidation sites excluding steroid dienone is 1. The second kappa shape index (κ2) is 4.42. The molecule has 1 aromatic rings. The van der Waals surface area contributed by atoms with Gasteiger partial charge in [0.2, 0.25) is 0 Å². The smallest absolute Gasteiger partial charge is 0.101 e. The van der Waals surface area contributed by atoms with Crippen LogP contribution < -0.4 is 0 Å². The maximum absolute atomic E-state index is 4.53. The molecule has 0 unspecified atom stereocenters. The van der Waals surface area contributed by atoms with Crippen LogP contribution in [0.5, 0.6) is 0 Å². The van der Waals surface area contributed by atoms with Crippen LogP contribution in [-0.2, 0) is 0 Å². The number of thiophene rings is 1. The highest BCUT2D eigenvalue weighted by Gasteiger charge is 2.04. The van der Waals surface area contributed by atoms with Crippen molar-refractivity contribution < 1.29 is 0 Å². The Hall–Kier alpha value is -1.09. The molecule has 3 heteroatoms. The Morgan fingerprint density at radius 3 is 2.57 bits per heavy atom. The highest BCUT2D eigenvalue weighted by atomic mass is 32.1. The van der Waals surface area contributed by atoms with E-state index in [0.29, 0.717) is 0 Å². The van der Waals surface area contributed by atoms with E-state index in [0.717, 1.165) is 17.1 Å². The van der Waals surface area contributed by atoms with Crippen molar-refractivity contribution in [3.8, 4) is 0 Å². The molecule has 1 heterocycles. The molecule has 1 rings (SSSR count). The fourth-order valence-electron chi connectivity index (χ4n) is 0.984. The molecule has 0 aliphatic rings. The minimum Gasteiger partial charge on any atom is -0.366 e. The van der Waals surface area contributed by atoms with Gasteiger partial charge in [0, 0.05) is 14.1 Å². The molecule has 0 radical (unpaired) electrons. The molecule has 0 amide bonds. The topological polar surface area (TPSA) is 15.6 Å². The highest BCUT2D eigenvalue weighted by Crippen LogP contribution is 2.30. The van der Waals surface area contributed by atoms with Gasteiger partial charge in [-0.15, -0.1) is 11.3 Å². The fourth-order valence-corrected chi connectivity index (χ4v) is 1.75. The van der Waals surface area contributed by atoms with Crippen LogP contribution >= 0.6 is 11.3 Å². The first-order valence-electron chi connectivity index (χ1n) is 4.48. The number of hydrogen-bond acceptors (Lipinski definition) is 2. The second-order valence-electron chi connectivity index (χ2n) is 3.47. The predicted molar refractivity (Wildman–Crippen MR) is 65.5 cm³/mol. The van der Waals surface area contributed by atoms with Crippen molar-refractivity contribution in [1.29, 1.82) is 0 Å². The van der Waals surface area contributed by atoms with Gasteiger partial charge in [-0.05, 0) is 30.9 Å². The van der Waals surface area contributed by atoms with Crippen LogP contribution in [0.3, 0.4) is 0 Å². The molecule has 0 aromatic carbocycles. The maximum atomic E-state index is 4.53. The van der Waals surface area contributed by atoms with E-state index in [1.807, 2.05) is 44.3 Å². The average Bonchev–Trinajstić information content (AvgIpc) is 2.52. The summed E-state index contributed by atoms with van der Waals surface area (Å²) in [4.78, 5) is 7.70. The third-order valence-electron chi connectivity index (χ3n) is 1.96. The zero-order valence-corrected chi connectivity index (χ0v) is 9.98. The third-order valence-corrected chi connectivity index (χ3v) is 3.03. The summed E-state index contributed by atoms with van der Waals surface area (Å²) in [5.74, 6) is 1.01. The van der Waals surface area contributed by atoms with E-state index in [2.05, 4.69) is 11.6 Å². The van der Waals surface area contributed by atoms with Crippen molar-refractivity contribution in [2.75, 3.05) is 14.1 Å². The number of amidine groups is 1. The van der Waals surface area contributed by atoms with Gasteiger partial charge in [0.25, 0.3) is 0 Å². The van der Waals surface area contributed by atoms with Gasteiger partial charge in [-0.1, -0.05) is 6.58 Å². The zero-order valence-electron chi connectivity index (χ0n) is 9.16. The van der Waals surface area contributed by atoms with Crippen LogP contribution in [0.2, 0.25) is 0 Å². The maximum Gasteiger partial charge on any atom is 0.101 e. The van der Waals surface area contributed by atoms with E-state index in [-0.39, 0.29) is 0 Å². The Bertz CT molecular complexity index is 361. The van der Waals surface area contributed by atoms with Crippen LogP contribution in [-0.4, -0.2) is 24.8 Å². The number of aliphatic imine (C=N–C) groups is 1. The van der Waals surface area contributed by atoms with E-state index in [4.69, 9.17) is 0 Å². The van der Waals surface area contributed by atoms with Gasteiger partial charge in [-0.3, -0.25) is 0 Å². The molecule has 0 atom stereocenters. The fraction of sp³-hybridized carbons (Fsp3) is 0.364. The molecule has 0 N–H and O–H groups in total. The number of rotatable bonds is 2. The average molecular weight is 208 g/mol. The van der Waals surface area contributed by atoms with Crippen LogP contribution in [0, 0.1) is 0 Å². The van der Waals surface area contributed by atoms with Crippen molar-refractivity contribution in [2.24, 2.45) is 4.99 Å². The first kappa shape index (κ1) is 11.0. The van der Waals surface area contributed by atoms with Gasteiger partial charge in [0.1, 0.15) is 5.84 Å². The highest BCUT2D eigenvalue weighted by molar-refractivity contribution is 7.11. The Morgan fingerprint density at radius 2 is 2.07 bits per heavy atom. The van der Waals surface area contributed by atoms with E-state index in [1.165, 1.54) is 4.88 Å². The molecule has 0 saturated carbocycles. The molecule has 0 bridgehead atoms. The molecule has 0 fully saturated rings. The molecule has 14 heavy (non-hydrogen) atoms. The molecule has 0 saturated heterocycles. The van der Waals surface area contributed by atoms with Gasteiger partial charge in [-0.2, -0.15) is 0 Å². The van der Waals surface area contributed by atoms with Gasteiger partial charge in [-0.25, -0.2) is 4.99 Å². The van der Waals surface area contributed by atoms with Crippen molar-refractivity contribution in [3.63, 3.8) is 0 Å². The van der Waals surface area contributed by atoms with Crippen molar-refractivity contribution in [2.45, 2.75) is 13.8 Å². The Balaban J connectivity index is 3.02. The molecule has 0 aliphatic carbocycles. The largest absolute Gasteiger partial charge is 0.366 e. The van der Waals surface area contributed by atoms with E-state index in [1.54, 1.807) is 11.3 Å². The van der Waals surface area contributed by atoms with Gasteiger partial charge < -0.3 is 4.90 Å². The molecular weight excluding hydrogens is 192 g/mol. The van der Waals surface area contributed by atoms with Crippen LogP contribution in [0.15, 0.2) is 23.0 Å². The molecule has 0 aliphatic heterocycles. The summed E-state index contributed by atoms with van der Waals surface area (Å²) in [5.41, 5.74) is 2.10. The molecule has 1 aromatic heterocycles. The van der Waals surface area contributed by atoms with Crippen molar-refractivity contribution >= 4 is 28.4 Å². The summed E-state index contributed by atoms with van der Waals surface area (Å²) in [5, 5.41) is 2.05. The molecule has 2 nitrogen and oxygen atoms in total. The third kappa shape index (κ3) is 2.45. The summed E-state index contributed by atoms with van der Waals surface area (Å²) in [7, 11) is 3.98. The normalized spacial score (nSPS) is 11.6. The molecular formula is C11H16N2S. The van der Waals surface area contributed by atoms with E-state index < -0.39 is 0 Å². The Labute approximate surface area is 89.6 Å². The quantitative estimate of drug-likeness (QED) is 0.537. The second-order valence-corrected chi connectivity index (χ2v) is 4.38. The monoisotopic (exact) mass is 208 g/mol. The Morgan fingerprint density at radius 1 is 1.43 bits per heavy atom. The summed E-state index contributed by atoms with van der Waals surface area (Å²) in [6, 6.07) is 2.03. The van der Waals surface area contributed by atoms with E-state index in [9.17, 15) is 0 Å². The zero-order chi connectivity index (χ0) is 10.7. The minimum absolute atomic E-state index is 1.01. The lowest BCUT2D eigenvalue weighted by Crippen LogP contribution is -2.17. The van der Waals surface area contributed by atoms with Crippen LogP contribution in [0.25, 0.3) is 5.57 Å². The molecule has 76 valence electrons. The van der Waals surface area contributed by atoms with Gasteiger partial charge >= 0.3 is 0 Å². The lowest BCUT2D eigenvalue weighted by Gasteiger charge is -2.10. The number of hydrogen-bond donors (Lipinski definition) is 0. The summed E-state index contributed by atoms with van der Waals surface area (Å²) in [6.45, 7) is 7.95. The van der Waals surface area contributed by atoms with Crippen molar-refractivity contribution in [3.05, 3.63) is 22.9 Å².